The normalized spacial score (nSPS) is 20.6. The second kappa shape index (κ2) is 5.83. The van der Waals surface area contributed by atoms with Gasteiger partial charge in [-0.3, -0.25) is 0 Å². The Bertz CT molecular complexity index is 307. The van der Waals surface area contributed by atoms with E-state index in [0.717, 1.165) is 19.3 Å². The number of allylic oxidation sites excluding steroid dienone is 4. The van der Waals surface area contributed by atoms with Gasteiger partial charge in [0.2, 0.25) is 0 Å². The van der Waals surface area contributed by atoms with E-state index in [-0.39, 0.29) is 0 Å². The minimum atomic E-state index is -0.781. The van der Waals surface area contributed by atoms with E-state index in [2.05, 4.69) is 26.0 Å². The molecule has 1 unspecified atom stereocenters. The van der Waals surface area contributed by atoms with Crippen LogP contribution in [0.25, 0.3) is 0 Å². The number of hydrogen-bond acceptors (Lipinski definition) is 2. The fraction of sp³-hybridized carbons (Fsp3) is 0.733. The summed E-state index contributed by atoms with van der Waals surface area (Å²) in [7, 11) is 0. The van der Waals surface area contributed by atoms with Crippen LogP contribution >= 0.6 is 0 Å². The van der Waals surface area contributed by atoms with Gasteiger partial charge in [-0.2, -0.15) is 0 Å². The molecule has 17 heavy (non-hydrogen) atoms. The highest BCUT2D eigenvalue weighted by molar-refractivity contribution is 5.24. The number of aliphatic hydroxyl groups excluding tert-OH is 1. The zero-order valence-electron chi connectivity index (χ0n) is 11.5. The van der Waals surface area contributed by atoms with Crippen molar-refractivity contribution < 1.29 is 10.2 Å². The maximum atomic E-state index is 9.94. The predicted molar refractivity (Wildman–Crippen MR) is 71.8 cm³/mol. The van der Waals surface area contributed by atoms with Gasteiger partial charge in [-0.15, -0.1) is 0 Å². The van der Waals surface area contributed by atoms with Crippen LogP contribution in [0.1, 0.15) is 53.4 Å². The topological polar surface area (TPSA) is 40.5 Å². The van der Waals surface area contributed by atoms with Crippen molar-refractivity contribution in [2.75, 3.05) is 0 Å². The molecule has 1 rings (SSSR count). The number of rotatable bonds is 5. The largest absolute Gasteiger partial charge is 0.393 e. The Balaban J connectivity index is 2.47. The highest BCUT2D eigenvalue weighted by Crippen LogP contribution is 2.28. The van der Waals surface area contributed by atoms with E-state index < -0.39 is 11.7 Å². The van der Waals surface area contributed by atoms with Gasteiger partial charge in [-0.25, -0.2) is 0 Å². The first kappa shape index (κ1) is 14.5. The van der Waals surface area contributed by atoms with Gasteiger partial charge in [0.1, 0.15) is 0 Å². The Morgan fingerprint density at radius 2 is 1.94 bits per heavy atom. The van der Waals surface area contributed by atoms with Crippen LogP contribution in [0, 0.1) is 5.92 Å². The fourth-order valence-corrected chi connectivity index (χ4v) is 2.39. The van der Waals surface area contributed by atoms with Crippen LogP contribution in [0.4, 0.5) is 0 Å². The Kier molecular flexibility index (Phi) is 4.96. The lowest BCUT2D eigenvalue weighted by atomic mass is 9.85. The Morgan fingerprint density at radius 3 is 2.41 bits per heavy atom. The summed E-state index contributed by atoms with van der Waals surface area (Å²) in [6, 6.07) is 0. The van der Waals surface area contributed by atoms with Gasteiger partial charge in [0.15, 0.2) is 0 Å². The minimum absolute atomic E-state index is 0.400. The molecule has 0 bridgehead atoms. The summed E-state index contributed by atoms with van der Waals surface area (Å²) in [5.41, 5.74) is 2.07. The quantitative estimate of drug-likeness (QED) is 0.772. The summed E-state index contributed by atoms with van der Waals surface area (Å²) in [6.07, 6.45) is 7.38. The zero-order chi connectivity index (χ0) is 13.1. The zero-order valence-corrected chi connectivity index (χ0v) is 11.5. The van der Waals surface area contributed by atoms with Crippen molar-refractivity contribution in [3.05, 3.63) is 23.3 Å². The second-order valence-electron chi connectivity index (χ2n) is 6.06. The van der Waals surface area contributed by atoms with Crippen LogP contribution in [-0.2, 0) is 0 Å². The molecular weight excluding hydrogens is 212 g/mol. The average Bonchev–Trinajstić information content (AvgIpc) is 2.15. The van der Waals surface area contributed by atoms with Crippen LogP contribution in [0.5, 0.6) is 0 Å². The van der Waals surface area contributed by atoms with Crippen molar-refractivity contribution >= 4 is 0 Å². The predicted octanol–water partition coefficient (Wildman–Crippen LogP) is 3.20. The van der Waals surface area contributed by atoms with E-state index >= 15 is 0 Å². The van der Waals surface area contributed by atoms with Crippen molar-refractivity contribution in [3.8, 4) is 0 Å². The highest BCUT2D eigenvalue weighted by Gasteiger charge is 2.21. The molecule has 1 aliphatic rings. The molecule has 1 aliphatic carbocycles. The van der Waals surface area contributed by atoms with Gasteiger partial charge in [0, 0.05) is 6.42 Å². The summed E-state index contributed by atoms with van der Waals surface area (Å²) >= 11 is 0. The maximum Gasteiger partial charge on any atom is 0.0616 e. The van der Waals surface area contributed by atoms with Crippen molar-refractivity contribution in [2.24, 2.45) is 5.92 Å². The molecule has 0 aromatic heterocycles. The van der Waals surface area contributed by atoms with E-state index in [1.807, 2.05) is 0 Å². The molecule has 0 aromatic rings. The summed E-state index contributed by atoms with van der Waals surface area (Å²) in [4.78, 5) is 0. The van der Waals surface area contributed by atoms with Crippen LogP contribution in [0.15, 0.2) is 23.3 Å². The Labute approximate surface area is 105 Å². The first-order valence-corrected chi connectivity index (χ1v) is 6.54. The molecule has 0 amide bonds. The van der Waals surface area contributed by atoms with Crippen molar-refractivity contribution in [2.45, 2.75) is 65.1 Å². The maximum absolute atomic E-state index is 9.94. The molecule has 0 heterocycles. The molecule has 0 spiro atoms. The molecule has 2 N–H and O–H groups in total. The van der Waals surface area contributed by atoms with Crippen LogP contribution in [0.3, 0.4) is 0 Å². The highest BCUT2D eigenvalue weighted by atomic mass is 16.3. The summed E-state index contributed by atoms with van der Waals surface area (Å²) < 4.78 is 0. The van der Waals surface area contributed by atoms with E-state index in [9.17, 15) is 10.2 Å². The van der Waals surface area contributed by atoms with Gasteiger partial charge in [0.05, 0.1) is 11.7 Å². The fourth-order valence-electron chi connectivity index (χ4n) is 2.39. The van der Waals surface area contributed by atoms with E-state index in [1.165, 1.54) is 11.1 Å². The first-order valence-electron chi connectivity index (χ1n) is 6.54. The molecule has 98 valence electrons. The Hall–Kier alpha value is -0.600. The SMILES string of the molecule is CC1=CC=C([C@@H](C)CC(O)CC(C)(C)O)CC1. The van der Waals surface area contributed by atoms with Crippen LogP contribution in [0.2, 0.25) is 0 Å². The van der Waals surface area contributed by atoms with Gasteiger partial charge in [0.25, 0.3) is 0 Å². The summed E-state index contributed by atoms with van der Waals surface area (Å²) in [5.74, 6) is 0.400. The molecule has 0 saturated heterocycles. The summed E-state index contributed by atoms with van der Waals surface area (Å²) in [6.45, 7) is 7.80. The van der Waals surface area contributed by atoms with Crippen LogP contribution < -0.4 is 0 Å². The van der Waals surface area contributed by atoms with Gasteiger partial charge >= 0.3 is 0 Å². The molecule has 2 atom stereocenters. The van der Waals surface area contributed by atoms with E-state index in [4.69, 9.17) is 0 Å². The van der Waals surface area contributed by atoms with Crippen molar-refractivity contribution in [1.29, 1.82) is 0 Å². The van der Waals surface area contributed by atoms with E-state index in [0.29, 0.717) is 12.3 Å². The number of aliphatic hydroxyl groups is 2. The minimum Gasteiger partial charge on any atom is -0.393 e. The lowest BCUT2D eigenvalue weighted by Gasteiger charge is -2.25. The van der Waals surface area contributed by atoms with Crippen molar-refractivity contribution in [1.82, 2.24) is 0 Å². The van der Waals surface area contributed by atoms with Crippen molar-refractivity contribution in [3.63, 3.8) is 0 Å². The van der Waals surface area contributed by atoms with Gasteiger partial charge in [-0.1, -0.05) is 30.2 Å². The molecule has 2 heteroatoms. The second-order valence-corrected chi connectivity index (χ2v) is 6.06. The molecule has 0 saturated carbocycles. The molecule has 0 radical (unpaired) electrons. The Morgan fingerprint density at radius 1 is 1.29 bits per heavy atom. The standard InChI is InChI=1S/C15H26O2/c1-11-5-7-13(8-6-11)12(2)9-14(16)10-15(3,4)17/h5,7,12,14,16-17H,6,8-10H2,1-4H3/t12-,14?/m0/s1. The van der Waals surface area contributed by atoms with Gasteiger partial charge in [-0.05, 0) is 46.0 Å². The lowest BCUT2D eigenvalue weighted by molar-refractivity contribution is 0.0124. The molecule has 0 fully saturated rings. The summed E-state index contributed by atoms with van der Waals surface area (Å²) in [5, 5.41) is 19.6. The third kappa shape index (κ3) is 5.51. The monoisotopic (exact) mass is 238 g/mol. The average molecular weight is 238 g/mol. The lowest BCUT2D eigenvalue weighted by Crippen LogP contribution is -2.27. The van der Waals surface area contributed by atoms with Crippen LogP contribution in [-0.4, -0.2) is 21.9 Å². The smallest absolute Gasteiger partial charge is 0.0616 e. The molecular formula is C15H26O2. The first-order chi connectivity index (χ1) is 7.78. The van der Waals surface area contributed by atoms with Gasteiger partial charge < -0.3 is 10.2 Å². The molecule has 0 aromatic carbocycles. The number of hydrogen-bond donors (Lipinski definition) is 2. The van der Waals surface area contributed by atoms with E-state index in [1.54, 1.807) is 13.8 Å². The molecule has 2 nitrogen and oxygen atoms in total. The molecule has 0 aliphatic heterocycles. The third-order valence-corrected chi connectivity index (χ3v) is 3.38. The third-order valence-electron chi connectivity index (χ3n) is 3.38.